The minimum Gasteiger partial charge on any atom is -0.383 e. The van der Waals surface area contributed by atoms with Gasteiger partial charge < -0.3 is 5.11 Å². The Balaban J connectivity index is 2.08. The normalized spacial score (nSPS) is 19.8. The van der Waals surface area contributed by atoms with E-state index in [2.05, 4.69) is 0 Å². The predicted octanol–water partition coefficient (Wildman–Crippen LogP) is 0.433. The van der Waals surface area contributed by atoms with Crippen molar-refractivity contribution in [2.24, 2.45) is 5.92 Å². The Morgan fingerprint density at radius 1 is 1.58 bits per heavy atom. The van der Waals surface area contributed by atoms with Crippen molar-refractivity contribution < 1.29 is 15.1 Å². The fourth-order valence-corrected chi connectivity index (χ4v) is 1.38. The molecular formula is C8H15NO3. The molecule has 70 valence electrons. The molecule has 0 heterocycles. The molecule has 0 aromatic rings. The van der Waals surface area contributed by atoms with Crippen LogP contribution >= 0.6 is 0 Å². The van der Waals surface area contributed by atoms with E-state index in [1.807, 2.05) is 0 Å². The minimum atomic E-state index is -1.05. The number of amides is 1. The first-order chi connectivity index (χ1) is 5.74. The largest absolute Gasteiger partial charge is 0.383 e. The Morgan fingerprint density at radius 2 is 2.25 bits per heavy atom. The molecule has 1 amide bonds. The van der Waals surface area contributed by atoms with Crippen LogP contribution in [0.3, 0.4) is 0 Å². The van der Waals surface area contributed by atoms with Gasteiger partial charge in [-0.15, -0.1) is 0 Å². The van der Waals surface area contributed by atoms with Gasteiger partial charge in [0.1, 0.15) is 6.10 Å². The SMILES string of the molecule is O=C(NO)[C@H](O)CCC1CCC1. The van der Waals surface area contributed by atoms with Gasteiger partial charge in [0.05, 0.1) is 0 Å². The number of rotatable bonds is 4. The second-order valence-corrected chi connectivity index (χ2v) is 3.37. The third-order valence-electron chi connectivity index (χ3n) is 2.49. The number of hydroxylamine groups is 1. The summed E-state index contributed by atoms with van der Waals surface area (Å²) in [6.45, 7) is 0. The molecular weight excluding hydrogens is 158 g/mol. The molecule has 3 N–H and O–H groups in total. The van der Waals surface area contributed by atoms with Crippen molar-refractivity contribution in [2.75, 3.05) is 0 Å². The molecule has 0 radical (unpaired) electrons. The summed E-state index contributed by atoms with van der Waals surface area (Å²) in [5.74, 6) is -0.0135. The molecule has 1 aliphatic carbocycles. The van der Waals surface area contributed by atoms with Gasteiger partial charge in [-0.2, -0.15) is 0 Å². The molecule has 0 unspecified atom stereocenters. The Morgan fingerprint density at radius 3 is 2.67 bits per heavy atom. The lowest BCUT2D eigenvalue weighted by Crippen LogP contribution is -2.32. The van der Waals surface area contributed by atoms with Crippen molar-refractivity contribution in [3.8, 4) is 0 Å². The van der Waals surface area contributed by atoms with E-state index in [0.29, 0.717) is 12.3 Å². The van der Waals surface area contributed by atoms with E-state index in [9.17, 15) is 4.79 Å². The third kappa shape index (κ3) is 2.46. The topological polar surface area (TPSA) is 69.6 Å². The molecule has 1 atom stereocenters. The van der Waals surface area contributed by atoms with Crippen LogP contribution in [0.1, 0.15) is 32.1 Å². The predicted molar refractivity (Wildman–Crippen MR) is 42.5 cm³/mol. The quantitative estimate of drug-likeness (QED) is 0.426. The van der Waals surface area contributed by atoms with E-state index in [1.165, 1.54) is 24.7 Å². The number of hydrogen-bond donors (Lipinski definition) is 3. The molecule has 1 saturated carbocycles. The summed E-state index contributed by atoms with van der Waals surface area (Å²) in [5.41, 5.74) is 1.44. The highest BCUT2D eigenvalue weighted by Gasteiger charge is 2.20. The summed E-state index contributed by atoms with van der Waals surface area (Å²) in [7, 11) is 0. The second-order valence-electron chi connectivity index (χ2n) is 3.37. The fraction of sp³-hybridized carbons (Fsp3) is 0.875. The summed E-state index contributed by atoms with van der Waals surface area (Å²) >= 11 is 0. The molecule has 1 rings (SSSR count). The Kier molecular flexibility index (Phi) is 3.49. The maximum Gasteiger partial charge on any atom is 0.272 e. The van der Waals surface area contributed by atoms with Crippen molar-refractivity contribution in [3.05, 3.63) is 0 Å². The maximum absolute atomic E-state index is 10.6. The molecule has 0 bridgehead atoms. The van der Waals surface area contributed by atoms with Crippen LogP contribution in [0, 0.1) is 5.92 Å². The number of aliphatic hydroxyl groups is 1. The number of aliphatic hydroxyl groups excluding tert-OH is 1. The summed E-state index contributed by atoms with van der Waals surface area (Å²) < 4.78 is 0. The van der Waals surface area contributed by atoms with Crippen molar-refractivity contribution in [1.82, 2.24) is 5.48 Å². The van der Waals surface area contributed by atoms with Gasteiger partial charge in [0.15, 0.2) is 0 Å². The van der Waals surface area contributed by atoms with E-state index in [1.54, 1.807) is 0 Å². The van der Waals surface area contributed by atoms with Crippen LogP contribution in [-0.2, 0) is 4.79 Å². The zero-order valence-electron chi connectivity index (χ0n) is 6.99. The lowest BCUT2D eigenvalue weighted by molar-refractivity contribution is -0.138. The highest BCUT2D eigenvalue weighted by atomic mass is 16.5. The molecule has 1 fully saturated rings. The van der Waals surface area contributed by atoms with Gasteiger partial charge in [-0.05, 0) is 18.8 Å². The number of carbonyl (C=O) groups is 1. The summed E-state index contributed by atoms with van der Waals surface area (Å²) in [4.78, 5) is 10.6. The number of hydrogen-bond acceptors (Lipinski definition) is 3. The summed E-state index contributed by atoms with van der Waals surface area (Å²) in [5, 5.41) is 17.3. The Hall–Kier alpha value is -0.610. The van der Waals surface area contributed by atoms with Gasteiger partial charge in [-0.1, -0.05) is 19.3 Å². The molecule has 0 saturated heterocycles. The fourth-order valence-electron chi connectivity index (χ4n) is 1.38. The van der Waals surface area contributed by atoms with Crippen molar-refractivity contribution in [1.29, 1.82) is 0 Å². The number of nitrogens with one attached hydrogen (secondary N) is 1. The summed E-state index contributed by atoms with van der Waals surface area (Å²) in [6, 6.07) is 0. The van der Waals surface area contributed by atoms with Crippen molar-refractivity contribution >= 4 is 5.91 Å². The average Bonchev–Trinajstić information content (AvgIpc) is 2.00. The monoisotopic (exact) mass is 173 g/mol. The summed E-state index contributed by atoms with van der Waals surface area (Å²) in [6.07, 6.45) is 4.00. The zero-order valence-corrected chi connectivity index (χ0v) is 6.99. The molecule has 0 aliphatic heterocycles. The van der Waals surface area contributed by atoms with Gasteiger partial charge in [-0.25, -0.2) is 5.48 Å². The molecule has 4 nitrogen and oxygen atoms in total. The van der Waals surface area contributed by atoms with E-state index in [0.717, 1.165) is 6.42 Å². The first-order valence-corrected chi connectivity index (χ1v) is 4.36. The van der Waals surface area contributed by atoms with Gasteiger partial charge in [0.2, 0.25) is 0 Å². The molecule has 1 aliphatic rings. The smallest absolute Gasteiger partial charge is 0.272 e. The standard InChI is InChI=1S/C8H15NO3/c10-7(8(11)9-12)5-4-6-2-1-3-6/h6-7,10,12H,1-5H2,(H,9,11)/t7-/m1/s1. The van der Waals surface area contributed by atoms with E-state index < -0.39 is 12.0 Å². The van der Waals surface area contributed by atoms with Gasteiger partial charge >= 0.3 is 0 Å². The minimum absolute atomic E-state index is 0.455. The Labute approximate surface area is 71.5 Å². The first-order valence-electron chi connectivity index (χ1n) is 4.36. The van der Waals surface area contributed by atoms with Gasteiger partial charge in [0, 0.05) is 0 Å². The maximum atomic E-state index is 10.6. The van der Waals surface area contributed by atoms with Crippen LogP contribution < -0.4 is 5.48 Å². The average molecular weight is 173 g/mol. The highest BCUT2D eigenvalue weighted by molar-refractivity contribution is 5.79. The molecule has 0 aromatic heterocycles. The van der Waals surface area contributed by atoms with E-state index >= 15 is 0 Å². The second kappa shape index (κ2) is 4.42. The van der Waals surface area contributed by atoms with Crippen LogP contribution in [0.25, 0.3) is 0 Å². The van der Waals surface area contributed by atoms with Crippen LogP contribution in [0.5, 0.6) is 0 Å². The highest BCUT2D eigenvalue weighted by Crippen LogP contribution is 2.30. The zero-order chi connectivity index (χ0) is 8.97. The Bertz CT molecular complexity index is 156. The lowest BCUT2D eigenvalue weighted by atomic mass is 9.81. The third-order valence-corrected chi connectivity index (χ3v) is 2.49. The molecule has 0 aromatic carbocycles. The van der Waals surface area contributed by atoms with Gasteiger partial charge in [-0.3, -0.25) is 10.0 Å². The van der Waals surface area contributed by atoms with E-state index in [4.69, 9.17) is 10.3 Å². The van der Waals surface area contributed by atoms with Crippen LogP contribution in [-0.4, -0.2) is 22.3 Å². The van der Waals surface area contributed by atoms with Crippen LogP contribution in [0.15, 0.2) is 0 Å². The molecule has 0 spiro atoms. The van der Waals surface area contributed by atoms with E-state index in [-0.39, 0.29) is 0 Å². The van der Waals surface area contributed by atoms with Crippen LogP contribution in [0.2, 0.25) is 0 Å². The van der Waals surface area contributed by atoms with Crippen LogP contribution in [0.4, 0.5) is 0 Å². The van der Waals surface area contributed by atoms with Crippen molar-refractivity contribution in [2.45, 2.75) is 38.2 Å². The molecule has 4 heteroatoms. The van der Waals surface area contributed by atoms with Gasteiger partial charge in [0.25, 0.3) is 5.91 Å². The molecule has 12 heavy (non-hydrogen) atoms. The number of carbonyl (C=O) groups excluding carboxylic acids is 1. The van der Waals surface area contributed by atoms with Crippen molar-refractivity contribution in [3.63, 3.8) is 0 Å². The first kappa shape index (κ1) is 9.48. The lowest BCUT2D eigenvalue weighted by Gasteiger charge is -2.25.